The van der Waals surface area contributed by atoms with Gasteiger partial charge in [0.15, 0.2) is 0 Å². The lowest BCUT2D eigenvalue weighted by atomic mass is 10.1. The summed E-state index contributed by atoms with van der Waals surface area (Å²) in [4.78, 5) is 15.5. The first kappa shape index (κ1) is 21.5. The second-order valence-electron chi connectivity index (χ2n) is 7.78. The van der Waals surface area contributed by atoms with Gasteiger partial charge in [-0.05, 0) is 69.4 Å². The Labute approximate surface area is 185 Å². The molecule has 3 aromatic rings. The Morgan fingerprint density at radius 2 is 1.71 bits per heavy atom. The summed E-state index contributed by atoms with van der Waals surface area (Å²) in [5, 5.41) is 7.87. The minimum absolute atomic E-state index is 0.0688. The fraction of sp³-hybridized carbons (Fsp3) is 0.381. The van der Waals surface area contributed by atoms with Crippen molar-refractivity contribution in [1.29, 1.82) is 0 Å². The number of carbonyl (C=O) groups excluding carboxylic acids is 1. The van der Waals surface area contributed by atoms with Crippen LogP contribution in [0.4, 0.5) is 5.69 Å². The van der Waals surface area contributed by atoms with E-state index < -0.39 is 10.0 Å². The Morgan fingerprint density at radius 3 is 2.39 bits per heavy atom. The van der Waals surface area contributed by atoms with E-state index in [9.17, 15) is 13.2 Å². The van der Waals surface area contributed by atoms with Crippen molar-refractivity contribution in [3.63, 3.8) is 0 Å². The molecule has 0 aliphatic carbocycles. The van der Waals surface area contributed by atoms with Crippen molar-refractivity contribution in [2.75, 3.05) is 17.8 Å². The molecule has 0 unspecified atom stereocenters. The van der Waals surface area contributed by atoms with Crippen molar-refractivity contribution in [1.82, 2.24) is 15.1 Å². The monoisotopic (exact) mass is 460 g/mol. The molecule has 31 heavy (non-hydrogen) atoms. The molecule has 8 nitrogen and oxygen atoms in total. The summed E-state index contributed by atoms with van der Waals surface area (Å²) >= 11 is 1.23. The van der Waals surface area contributed by atoms with Gasteiger partial charge in [-0.15, -0.1) is 21.5 Å². The third kappa shape index (κ3) is 4.64. The number of hydrogen-bond acceptors (Lipinski definition) is 7. The van der Waals surface area contributed by atoms with Gasteiger partial charge in [-0.2, -0.15) is 0 Å². The molecule has 0 saturated carbocycles. The highest BCUT2D eigenvalue weighted by Gasteiger charge is 2.26. The van der Waals surface area contributed by atoms with Crippen LogP contribution in [0.5, 0.6) is 0 Å². The number of aromatic nitrogens is 2. The van der Waals surface area contributed by atoms with Crippen LogP contribution in [0, 0.1) is 20.8 Å². The number of anilines is 1. The molecule has 1 aliphatic heterocycles. The highest BCUT2D eigenvalue weighted by molar-refractivity contribution is 7.93. The summed E-state index contributed by atoms with van der Waals surface area (Å²) in [6.07, 6.45) is 3.04. The Balaban J connectivity index is 1.57. The Kier molecular flexibility index (Phi) is 5.85. The second kappa shape index (κ2) is 8.43. The van der Waals surface area contributed by atoms with Gasteiger partial charge in [0, 0.05) is 23.7 Å². The zero-order valence-electron chi connectivity index (χ0n) is 17.6. The normalized spacial score (nSPS) is 14.6. The summed E-state index contributed by atoms with van der Waals surface area (Å²) in [5.74, 6) is -0.210. The maximum Gasteiger partial charge on any atom is 0.311 e. The Morgan fingerprint density at radius 1 is 1.03 bits per heavy atom. The zero-order chi connectivity index (χ0) is 22.2. The van der Waals surface area contributed by atoms with Gasteiger partial charge >= 0.3 is 11.8 Å². The summed E-state index contributed by atoms with van der Waals surface area (Å²) in [5.41, 5.74) is 2.45. The van der Waals surface area contributed by atoms with Gasteiger partial charge in [0.1, 0.15) is 4.90 Å². The van der Waals surface area contributed by atoms with Crippen LogP contribution in [0.3, 0.4) is 0 Å². The van der Waals surface area contributed by atoms with E-state index in [1.165, 1.54) is 17.4 Å². The van der Waals surface area contributed by atoms with E-state index in [4.69, 9.17) is 4.42 Å². The molecular weight excluding hydrogens is 436 g/mol. The van der Waals surface area contributed by atoms with Gasteiger partial charge < -0.3 is 9.32 Å². The fourth-order valence-corrected chi connectivity index (χ4v) is 6.28. The first-order valence-corrected chi connectivity index (χ1v) is 12.4. The molecule has 1 amide bonds. The SMILES string of the molecule is Cc1cc(C)cc(NS(=O)(=O)c2cc(-c3nnc(C(=O)N4CCCCC4)o3)sc2C)c1. The van der Waals surface area contributed by atoms with Gasteiger partial charge in [0.05, 0.1) is 4.88 Å². The number of carbonyl (C=O) groups is 1. The standard InChI is InChI=1S/C21H24N4O4S2/c1-13-9-14(2)11-16(10-13)24-31(27,28)18-12-17(30-15(18)3)19-22-23-20(29-19)21(26)25-7-5-4-6-8-25/h9-12,24H,4-8H2,1-3H3. The molecule has 2 aromatic heterocycles. The number of benzene rings is 1. The van der Waals surface area contributed by atoms with Crippen molar-refractivity contribution in [2.45, 2.75) is 44.9 Å². The Hall–Kier alpha value is -2.72. The molecule has 1 fully saturated rings. The number of thiophene rings is 1. The van der Waals surface area contributed by atoms with Crippen molar-refractivity contribution >= 4 is 33.0 Å². The lowest BCUT2D eigenvalue weighted by molar-refractivity contribution is 0.0684. The van der Waals surface area contributed by atoms with Crippen molar-refractivity contribution in [2.24, 2.45) is 0 Å². The molecule has 0 bridgehead atoms. The van der Waals surface area contributed by atoms with Crippen LogP contribution in [0.2, 0.25) is 0 Å². The molecule has 1 saturated heterocycles. The fourth-order valence-electron chi connectivity index (χ4n) is 3.72. The van der Waals surface area contributed by atoms with Crippen LogP contribution in [-0.2, 0) is 10.0 Å². The van der Waals surface area contributed by atoms with Crippen LogP contribution >= 0.6 is 11.3 Å². The number of nitrogens with zero attached hydrogens (tertiary/aromatic N) is 3. The summed E-state index contributed by atoms with van der Waals surface area (Å²) in [6, 6.07) is 7.05. The third-order valence-electron chi connectivity index (χ3n) is 5.10. The quantitative estimate of drug-likeness (QED) is 0.613. The van der Waals surface area contributed by atoms with E-state index in [1.807, 2.05) is 19.9 Å². The van der Waals surface area contributed by atoms with Gasteiger partial charge in [-0.3, -0.25) is 9.52 Å². The molecule has 1 aliphatic rings. The molecular formula is C21H24N4O4S2. The highest BCUT2D eigenvalue weighted by atomic mass is 32.2. The largest absolute Gasteiger partial charge is 0.411 e. The van der Waals surface area contributed by atoms with E-state index in [-0.39, 0.29) is 22.6 Å². The number of rotatable bonds is 5. The number of hydrogen-bond donors (Lipinski definition) is 1. The maximum absolute atomic E-state index is 13.0. The minimum atomic E-state index is -3.80. The number of piperidine rings is 1. The molecule has 10 heteroatoms. The number of sulfonamides is 1. The van der Waals surface area contributed by atoms with Gasteiger partial charge in [-0.1, -0.05) is 6.07 Å². The first-order valence-electron chi connectivity index (χ1n) is 10.1. The van der Waals surface area contributed by atoms with Gasteiger partial charge in [0.2, 0.25) is 0 Å². The summed E-state index contributed by atoms with van der Waals surface area (Å²) < 4.78 is 34.2. The van der Waals surface area contributed by atoms with Crippen molar-refractivity contribution in [3.8, 4) is 10.8 Å². The summed E-state index contributed by atoms with van der Waals surface area (Å²) in [7, 11) is -3.80. The zero-order valence-corrected chi connectivity index (χ0v) is 19.3. The summed E-state index contributed by atoms with van der Waals surface area (Å²) in [6.45, 7) is 6.91. The second-order valence-corrected chi connectivity index (χ2v) is 10.7. The number of aryl methyl sites for hydroxylation is 3. The van der Waals surface area contributed by atoms with Crippen molar-refractivity contribution in [3.05, 3.63) is 46.2 Å². The van der Waals surface area contributed by atoms with Gasteiger partial charge in [0.25, 0.3) is 15.9 Å². The predicted molar refractivity (Wildman–Crippen MR) is 119 cm³/mol. The lowest BCUT2D eigenvalue weighted by Crippen LogP contribution is -2.35. The molecule has 3 heterocycles. The Bertz CT molecular complexity index is 1200. The van der Waals surface area contributed by atoms with Crippen LogP contribution in [0.15, 0.2) is 33.6 Å². The molecule has 1 aromatic carbocycles. The average molecular weight is 461 g/mol. The highest BCUT2D eigenvalue weighted by Crippen LogP contribution is 2.34. The van der Waals surface area contributed by atoms with Crippen LogP contribution < -0.4 is 4.72 Å². The number of nitrogens with one attached hydrogen (secondary N) is 1. The van der Waals surface area contributed by atoms with Crippen LogP contribution in [-0.4, -0.2) is 42.5 Å². The van der Waals surface area contributed by atoms with E-state index in [2.05, 4.69) is 14.9 Å². The van der Waals surface area contributed by atoms with Gasteiger partial charge in [-0.25, -0.2) is 8.42 Å². The number of amides is 1. The average Bonchev–Trinajstić information content (AvgIpc) is 3.34. The van der Waals surface area contributed by atoms with Crippen LogP contribution in [0.1, 0.15) is 46.0 Å². The lowest BCUT2D eigenvalue weighted by Gasteiger charge is -2.24. The predicted octanol–water partition coefficient (Wildman–Crippen LogP) is 4.15. The van der Waals surface area contributed by atoms with Crippen LogP contribution in [0.25, 0.3) is 10.8 Å². The van der Waals surface area contributed by atoms with Crippen molar-refractivity contribution < 1.29 is 17.6 Å². The maximum atomic E-state index is 13.0. The van der Waals surface area contributed by atoms with E-state index in [0.717, 1.165) is 30.4 Å². The van der Waals surface area contributed by atoms with E-state index in [1.54, 1.807) is 24.0 Å². The molecule has 0 atom stereocenters. The topological polar surface area (TPSA) is 105 Å². The number of likely N-dealkylation sites (tertiary alicyclic amines) is 1. The first-order chi connectivity index (χ1) is 14.7. The van der Waals surface area contributed by atoms with E-state index in [0.29, 0.717) is 28.5 Å². The molecule has 4 rings (SSSR count). The smallest absolute Gasteiger partial charge is 0.311 e. The van der Waals surface area contributed by atoms with E-state index >= 15 is 0 Å². The molecule has 0 radical (unpaired) electrons. The minimum Gasteiger partial charge on any atom is -0.411 e. The third-order valence-corrected chi connectivity index (χ3v) is 7.77. The molecule has 0 spiro atoms. The molecule has 164 valence electrons. The molecule has 1 N–H and O–H groups in total.